The predicted molar refractivity (Wildman–Crippen MR) is 196 cm³/mol. The van der Waals surface area contributed by atoms with Crippen LogP contribution in [0.1, 0.15) is 46.1 Å². The number of aryl methyl sites for hydroxylation is 1. The number of pyridine rings is 1. The number of aliphatic hydroxyl groups is 1. The van der Waals surface area contributed by atoms with E-state index >= 15 is 4.39 Å². The number of piperidine rings is 2. The number of likely N-dealkylation sites (tertiary alicyclic amines) is 2. The molecule has 3 N–H and O–H groups in total. The molecule has 5 aromatic rings. The van der Waals surface area contributed by atoms with Crippen LogP contribution in [-0.2, 0) is 11.3 Å². The number of anilines is 1. The minimum atomic E-state index is -1.30. The van der Waals surface area contributed by atoms with E-state index in [1.54, 1.807) is 16.0 Å². The molecule has 2 aliphatic heterocycles. The number of nitrogens with zero attached hydrogens (tertiary/aromatic N) is 5. The van der Waals surface area contributed by atoms with Crippen LogP contribution in [0.15, 0.2) is 90.1 Å². The van der Waals surface area contributed by atoms with Gasteiger partial charge in [-0.2, -0.15) is 0 Å². The smallest absolute Gasteiger partial charge is 0.280 e. The molecular weight excluding hydrogens is 703 g/mol. The highest BCUT2D eigenvalue weighted by Crippen LogP contribution is 2.38. The van der Waals surface area contributed by atoms with Gasteiger partial charge in [0.15, 0.2) is 5.69 Å². The molecule has 3 aromatic heterocycles. The summed E-state index contributed by atoms with van der Waals surface area (Å²) in [5, 5.41) is 11.5. The number of halogens is 2. The molecule has 2 aliphatic rings. The van der Waals surface area contributed by atoms with Gasteiger partial charge in [0.1, 0.15) is 28.6 Å². The van der Waals surface area contributed by atoms with Gasteiger partial charge in [0.05, 0.1) is 12.1 Å². The Labute approximate surface area is 308 Å². The van der Waals surface area contributed by atoms with E-state index in [1.807, 2.05) is 49.4 Å². The highest BCUT2D eigenvalue weighted by atomic mass is 32.1. The molecule has 2 saturated heterocycles. The molecule has 274 valence electrons. The standard InChI is InChI=1S/C39H38F2N6O5S/c1-24-7-8-26(20-43-24)32-19-31(41)34(53-32)38(50)46-16-13-29(30(21-46)25-5-3-2-4-6-25)36(48)45-17-14-39(51,15-18-45)22-47-23-44-35(33(42)37(47)49)52-28-11-9-27(40)10-12-28/h2-12,19-20,23,29-30,51H,13-18,21-22,42H2,1H3/t29-,30+/m1/s1. The Kier molecular flexibility index (Phi) is 10.1. The van der Waals surface area contributed by atoms with Gasteiger partial charge in [0, 0.05) is 60.3 Å². The average Bonchev–Trinajstić information content (AvgIpc) is 3.56. The first-order valence-corrected chi connectivity index (χ1v) is 18.2. The zero-order valence-electron chi connectivity index (χ0n) is 29.0. The van der Waals surface area contributed by atoms with Crippen LogP contribution in [0.3, 0.4) is 0 Å². The van der Waals surface area contributed by atoms with E-state index in [4.69, 9.17) is 10.5 Å². The summed E-state index contributed by atoms with van der Waals surface area (Å²) in [5.74, 6) is -2.14. The number of hydrogen-bond acceptors (Lipinski definition) is 9. The topological polar surface area (TPSA) is 144 Å². The van der Waals surface area contributed by atoms with Gasteiger partial charge in [-0.15, -0.1) is 11.3 Å². The molecule has 0 saturated carbocycles. The number of benzene rings is 2. The van der Waals surface area contributed by atoms with E-state index < -0.39 is 34.6 Å². The highest BCUT2D eigenvalue weighted by molar-refractivity contribution is 7.17. The maximum atomic E-state index is 15.2. The first-order valence-electron chi connectivity index (χ1n) is 17.3. The van der Waals surface area contributed by atoms with Gasteiger partial charge in [-0.1, -0.05) is 36.4 Å². The van der Waals surface area contributed by atoms with E-state index in [-0.39, 0.29) is 79.6 Å². The average molecular weight is 741 g/mol. The fourth-order valence-electron chi connectivity index (χ4n) is 7.04. The molecule has 2 aromatic carbocycles. The largest absolute Gasteiger partial charge is 0.437 e. The summed E-state index contributed by atoms with van der Waals surface area (Å²) in [6, 6.07) is 19.8. The van der Waals surface area contributed by atoms with Gasteiger partial charge in [-0.3, -0.25) is 23.9 Å². The van der Waals surface area contributed by atoms with E-state index in [0.29, 0.717) is 11.3 Å². The molecule has 0 aliphatic carbocycles. The molecule has 2 fully saturated rings. The third kappa shape index (κ3) is 7.69. The Hall–Kier alpha value is -5.47. The van der Waals surface area contributed by atoms with Gasteiger partial charge in [0.2, 0.25) is 11.8 Å². The van der Waals surface area contributed by atoms with Crippen molar-refractivity contribution in [3.63, 3.8) is 0 Å². The Morgan fingerprint density at radius 1 is 1.00 bits per heavy atom. The number of carbonyl (C=O) groups is 2. The first kappa shape index (κ1) is 35.9. The second kappa shape index (κ2) is 14.9. The number of nitrogens with two attached hydrogens (primary N) is 1. The molecule has 11 nitrogen and oxygen atoms in total. The van der Waals surface area contributed by atoms with Crippen molar-refractivity contribution >= 4 is 28.8 Å². The van der Waals surface area contributed by atoms with Crippen LogP contribution in [0, 0.1) is 24.5 Å². The van der Waals surface area contributed by atoms with Crippen molar-refractivity contribution in [1.82, 2.24) is 24.3 Å². The minimum absolute atomic E-state index is 0.0265. The molecule has 2 atom stereocenters. The Bertz CT molecular complexity index is 2170. The van der Waals surface area contributed by atoms with E-state index in [2.05, 4.69) is 9.97 Å². The lowest BCUT2D eigenvalue weighted by atomic mass is 9.79. The quantitative estimate of drug-likeness (QED) is 0.209. The van der Waals surface area contributed by atoms with E-state index in [1.165, 1.54) is 41.2 Å². The number of nitrogen functional groups attached to an aromatic ring is 1. The van der Waals surface area contributed by atoms with Crippen molar-refractivity contribution < 1.29 is 28.2 Å². The third-order valence-corrected chi connectivity index (χ3v) is 11.2. The second-order valence-electron chi connectivity index (χ2n) is 13.6. The Balaban J connectivity index is 1.02. The number of rotatable bonds is 8. The maximum absolute atomic E-state index is 15.2. The molecule has 2 amide bonds. The summed E-state index contributed by atoms with van der Waals surface area (Å²) in [4.78, 5) is 53.5. The van der Waals surface area contributed by atoms with Crippen LogP contribution in [0.5, 0.6) is 11.6 Å². The van der Waals surface area contributed by atoms with E-state index in [9.17, 15) is 23.9 Å². The summed E-state index contributed by atoms with van der Waals surface area (Å²) < 4.78 is 35.3. The number of ether oxygens (including phenoxy) is 1. The molecule has 7 rings (SSSR count). The number of hydrogen-bond donors (Lipinski definition) is 2. The van der Waals surface area contributed by atoms with Crippen molar-refractivity contribution in [2.45, 2.75) is 44.2 Å². The number of carbonyl (C=O) groups excluding carboxylic acids is 2. The fraction of sp³-hybridized carbons (Fsp3) is 0.308. The Morgan fingerprint density at radius 3 is 2.43 bits per heavy atom. The van der Waals surface area contributed by atoms with Crippen molar-refractivity contribution in [3.8, 4) is 22.1 Å². The molecule has 0 spiro atoms. The lowest BCUT2D eigenvalue weighted by Crippen LogP contribution is -2.53. The van der Waals surface area contributed by atoms with Crippen LogP contribution in [0.4, 0.5) is 14.5 Å². The van der Waals surface area contributed by atoms with Crippen molar-refractivity contribution in [2.24, 2.45) is 5.92 Å². The SMILES string of the molecule is Cc1ccc(-c2cc(F)c(C(=O)N3CC[C@@H](C(=O)N4CCC(O)(Cn5cnc(Oc6ccc(F)cc6)c(N)c5=O)CC4)[C@H](c4ccccc4)C3)s2)cn1. The summed E-state index contributed by atoms with van der Waals surface area (Å²) in [6.07, 6.45) is 3.72. The molecule has 5 heterocycles. The zero-order chi connectivity index (χ0) is 37.3. The van der Waals surface area contributed by atoms with Crippen LogP contribution in [0.2, 0.25) is 0 Å². The maximum Gasteiger partial charge on any atom is 0.280 e. The zero-order valence-corrected chi connectivity index (χ0v) is 29.8. The highest BCUT2D eigenvalue weighted by Gasteiger charge is 2.42. The van der Waals surface area contributed by atoms with Crippen molar-refractivity contribution in [2.75, 3.05) is 31.9 Å². The van der Waals surface area contributed by atoms with Crippen molar-refractivity contribution in [1.29, 1.82) is 0 Å². The van der Waals surface area contributed by atoms with Crippen molar-refractivity contribution in [3.05, 3.63) is 123 Å². The summed E-state index contributed by atoms with van der Waals surface area (Å²) in [5.41, 5.74) is 6.36. The lowest BCUT2D eigenvalue weighted by molar-refractivity contribution is -0.142. The lowest BCUT2D eigenvalue weighted by Gasteiger charge is -2.43. The van der Waals surface area contributed by atoms with Gasteiger partial charge in [-0.05, 0) is 68.1 Å². The Morgan fingerprint density at radius 2 is 1.74 bits per heavy atom. The number of aromatic nitrogens is 3. The monoisotopic (exact) mass is 740 g/mol. The summed E-state index contributed by atoms with van der Waals surface area (Å²) in [6.45, 7) is 2.83. The van der Waals surface area contributed by atoms with Crippen LogP contribution >= 0.6 is 11.3 Å². The van der Waals surface area contributed by atoms with E-state index in [0.717, 1.165) is 28.2 Å². The molecule has 0 bridgehead atoms. The molecule has 0 radical (unpaired) electrons. The van der Waals surface area contributed by atoms with Gasteiger partial charge < -0.3 is 25.4 Å². The van der Waals surface area contributed by atoms with Gasteiger partial charge in [-0.25, -0.2) is 13.8 Å². The van der Waals surface area contributed by atoms with Gasteiger partial charge in [0.25, 0.3) is 11.5 Å². The number of thiophene rings is 1. The summed E-state index contributed by atoms with van der Waals surface area (Å²) >= 11 is 1.10. The molecule has 14 heteroatoms. The normalized spacial score (nSPS) is 18.5. The van der Waals surface area contributed by atoms with Crippen LogP contribution in [-0.4, -0.2) is 73.0 Å². The molecular formula is C39H38F2N6O5S. The second-order valence-corrected chi connectivity index (χ2v) is 14.7. The first-order chi connectivity index (χ1) is 25.5. The third-order valence-electron chi connectivity index (χ3n) is 10.1. The summed E-state index contributed by atoms with van der Waals surface area (Å²) in [7, 11) is 0. The number of amides is 2. The van der Waals surface area contributed by atoms with Gasteiger partial charge >= 0.3 is 0 Å². The minimum Gasteiger partial charge on any atom is -0.437 e. The fourth-order valence-corrected chi connectivity index (χ4v) is 8.03. The van der Waals surface area contributed by atoms with Crippen LogP contribution < -0.4 is 16.0 Å². The molecule has 0 unspecified atom stereocenters. The predicted octanol–water partition coefficient (Wildman–Crippen LogP) is 5.63. The van der Waals surface area contributed by atoms with Crippen LogP contribution in [0.25, 0.3) is 10.4 Å². The molecule has 53 heavy (non-hydrogen) atoms.